The Morgan fingerprint density at radius 1 is 1.07 bits per heavy atom. The van der Waals surface area contributed by atoms with Crippen LogP contribution in [0.15, 0.2) is 36.5 Å². The van der Waals surface area contributed by atoms with E-state index in [2.05, 4.69) is 38.3 Å². The summed E-state index contributed by atoms with van der Waals surface area (Å²) in [6, 6.07) is 10.2. The molecule has 0 radical (unpaired) electrons. The van der Waals surface area contributed by atoms with E-state index in [-0.39, 0.29) is 0 Å². The minimum absolute atomic E-state index is 0.668. The normalized spacial score (nSPS) is 14.8. The van der Waals surface area contributed by atoms with Crippen LogP contribution in [0, 0.1) is 13.8 Å². The molecular weight excluding hydrogens is 378 g/mol. The van der Waals surface area contributed by atoms with Gasteiger partial charge in [0.15, 0.2) is 0 Å². The predicted molar refractivity (Wildman–Crippen MR) is 116 cm³/mol. The second-order valence-electron chi connectivity index (χ2n) is 7.71. The van der Waals surface area contributed by atoms with Gasteiger partial charge in [0.1, 0.15) is 23.9 Å². The molecule has 7 heteroatoms. The van der Waals surface area contributed by atoms with Gasteiger partial charge < -0.3 is 9.47 Å². The minimum Gasteiger partial charge on any atom is -0.492 e. The Bertz CT molecular complexity index is 975. The topological polar surface area (TPSA) is 65.3 Å². The van der Waals surface area contributed by atoms with Gasteiger partial charge in [-0.1, -0.05) is 18.2 Å². The van der Waals surface area contributed by atoms with E-state index in [1.54, 1.807) is 0 Å². The van der Waals surface area contributed by atoms with E-state index < -0.39 is 0 Å². The smallest absolute Gasteiger partial charge is 0.126 e. The van der Waals surface area contributed by atoms with Crippen molar-refractivity contribution in [3.63, 3.8) is 0 Å². The highest BCUT2D eigenvalue weighted by atomic mass is 16.5. The number of nitrogens with zero attached hydrogens (tertiary/aromatic N) is 5. The van der Waals surface area contributed by atoms with Crippen molar-refractivity contribution in [1.29, 1.82) is 0 Å². The van der Waals surface area contributed by atoms with Gasteiger partial charge in [-0.05, 0) is 31.5 Å². The van der Waals surface area contributed by atoms with Crippen LogP contribution in [0.25, 0.3) is 11.4 Å². The van der Waals surface area contributed by atoms with Crippen molar-refractivity contribution in [2.24, 2.45) is 7.05 Å². The molecule has 0 spiro atoms. The summed E-state index contributed by atoms with van der Waals surface area (Å²) in [4.78, 5) is 11.4. The summed E-state index contributed by atoms with van der Waals surface area (Å²) in [7, 11) is 1.94. The van der Waals surface area contributed by atoms with Gasteiger partial charge in [0.05, 0.1) is 18.9 Å². The summed E-state index contributed by atoms with van der Waals surface area (Å²) >= 11 is 0. The molecule has 0 amide bonds. The monoisotopic (exact) mass is 407 g/mol. The van der Waals surface area contributed by atoms with Gasteiger partial charge in [0.25, 0.3) is 0 Å². The first-order chi connectivity index (χ1) is 14.6. The van der Waals surface area contributed by atoms with Crippen LogP contribution in [0.4, 0.5) is 0 Å². The lowest BCUT2D eigenvalue weighted by Gasteiger charge is -2.26. The van der Waals surface area contributed by atoms with Crippen LogP contribution < -0.4 is 4.74 Å². The molecule has 1 fully saturated rings. The van der Waals surface area contributed by atoms with E-state index in [0.29, 0.717) is 6.61 Å². The summed E-state index contributed by atoms with van der Waals surface area (Å²) in [5, 5.41) is 4.68. The molecule has 4 rings (SSSR count). The fourth-order valence-electron chi connectivity index (χ4n) is 3.83. The molecular formula is C23H29N5O2. The first kappa shape index (κ1) is 20.5. The molecule has 158 valence electrons. The first-order valence-corrected chi connectivity index (χ1v) is 10.4. The SMILES string of the molecule is Cc1cc(-c2nn(C)cc2Cc2ccccc2OCCN2CCOCC2)nc(C)n1. The van der Waals surface area contributed by atoms with Crippen molar-refractivity contribution < 1.29 is 9.47 Å². The average molecular weight is 408 g/mol. The maximum absolute atomic E-state index is 6.17. The highest BCUT2D eigenvalue weighted by Crippen LogP contribution is 2.27. The van der Waals surface area contributed by atoms with Gasteiger partial charge in [-0.15, -0.1) is 0 Å². The summed E-state index contributed by atoms with van der Waals surface area (Å²) in [6.45, 7) is 9.04. The highest BCUT2D eigenvalue weighted by molar-refractivity contribution is 5.60. The standard InChI is InChI=1S/C23H29N5O2/c1-17-14-21(25-18(2)24-17)23-20(16-27(3)26-23)15-19-6-4-5-7-22(19)30-13-10-28-8-11-29-12-9-28/h4-7,14,16H,8-13,15H2,1-3H3. The molecule has 2 aromatic heterocycles. The minimum atomic E-state index is 0.668. The van der Waals surface area contributed by atoms with E-state index in [4.69, 9.17) is 9.47 Å². The molecule has 0 N–H and O–H groups in total. The van der Waals surface area contributed by atoms with Gasteiger partial charge in [-0.2, -0.15) is 5.10 Å². The van der Waals surface area contributed by atoms with Crippen LogP contribution in [0.1, 0.15) is 22.6 Å². The van der Waals surface area contributed by atoms with Gasteiger partial charge in [-0.3, -0.25) is 9.58 Å². The molecule has 3 aromatic rings. The summed E-state index contributed by atoms with van der Waals surface area (Å²) < 4.78 is 13.4. The number of rotatable bonds is 7. The molecule has 7 nitrogen and oxygen atoms in total. The second-order valence-corrected chi connectivity index (χ2v) is 7.71. The molecule has 0 aliphatic carbocycles. The van der Waals surface area contributed by atoms with E-state index in [1.807, 2.05) is 43.8 Å². The lowest BCUT2D eigenvalue weighted by molar-refractivity contribution is 0.0322. The lowest BCUT2D eigenvalue weighted by Crippen LogP contribution is -2.38. The zero-order chi connectivity index (χ0) is 20.9. The number of aromatic nitrogens is 4. The zero-order valence-electron chi connectivity index (χ0n) is 18.0. The number of ether oxygens (including phenoxy) is 2. The third kappa shape index (κ3) is 5.04. The molecule has 1 aliphatic heterocycles. The Kier molecular flexibility index (Phi) is 6.40. The molecule has 0 atom stereocenters. The average Bonchev–Trinajstić information content (AvgIpc) is 3.09. The molecule has 3 heterocycles. The fraction of sp³-hybridized carbons (Fsp3) is 0.435. The second kappa shape index (κ2) is 9.36. The Balaban J connectivity index is 1.51. The lowest BCUT2D eigenvalue weighted by atomic mass is 10.0. The van der Waals surface area contributed by atoms with Crippen molar-refractivity contribution in [2.45, 2.75) is 20.3 Å². The van der Waals surface area contributed by atoms with Crippen molar-refractivity contribution in [3.05, 3.63) is 59.2 Å². The quantitative estimate of drug-likeness (QED) is 0.600. The molecule has 1 aromatic carbocycles. The van der Waals surface area contributed by atoms with Gasteiger partial charge in [0, 0.05) is 50.6 Å². The van der Waals surface area contributed by atoms with Gasteiger partial charge >= 0.3 is 0 Å². The number of hydrogen-bond acceptors (Lipinski definition) is 6. The van der Waals surface area contributed by atoms with E-state index in [9.17, 15) is 0 Å². The van der Waals surface area contributed by atoms with Crippen LogP contribution in [0.2, 0.25) is 0 Å². The van der Waals surface area contributed by atoms with Crippen molar-refractivity contribution in [2.75, 3.05) is 39.5 Å². The van der Waals surface area contributed by atoms with E-state index in [1.165, 1.54) is 0 Å². The molecule has 1 saturated heterocycles. The van der Waals surface area contributed by atoms with Crippen LogP contribution in [0.5, 0.6) is 5.75 Å². The Morgan fingerprint density at radius 3 is 2.67 bits per heavy atom. The third-order valence-electron chi connectivity index (χ3n) is 5.24. The largest absolute Gasteiger partial charge is 0.492 e. The summed E-state index contributed by atoms with van der Waals surface area (Å²) in [5.41, 5.74) is 4.98. The number of morpholine rings is 1. The first-order valence-electron chi connectivity index (χ1n) is 10.4. The van der Waals surface area contributed by atoms with Crippen LogP contribution >= 0.6 is 0 Å². The molecule has 0 bridgehead atoms. The summed E-state index contributed by atoms with van der Waals surface area (Å²) in [6.07, 6.45) is 2.80. The van der Waals surface area contributed by atoms with E-state index >= 15 is 0 Å². The number of para-hydroxylation sites is 1. The van der Waals surface area contributed by atoms with Gasteiger partial charge in [-0.25, -0.2) is 9.97 Å². The fourth-order valence-corrected chi connectivity index (χ4v) is 3.83. The Labute approximate surface area is 177 Å². The van der Waals surface area contributed by atoms with Gasteiger partial charge in [0.2, 0.25) is 0 Å². The van der Waals surface area contributed by atoms with Crippen LogP contribution in [-0.2, 0) is 18.2 Å². The van der Waals surface area contributed by atoms with Crippen molar-refractivity contribution in [1.82, 2.24) is 24.6 Å². The number of benzene rings is 1. The highest BCUT2D eigenvalue weighted by Gasteiger charge is 2.16. The maximum Gasteiger partial charge on any atom is 0.126 e. The maximum atomic E-state index is 6.17. The molecule has 30 heavy (non-hydrogen) atoms. The van der Waals surface area contributed by atoms with Crippen LogP contribution in [-0.4, -0.2) is 64.1 Å². The zero-order valence-corrected chi connectivity index (χ0v) is 18.0. The van der Waals surface area contributed by atoms with Crippen LogP contribution in [0.3, 0.4) is 0 Å². The number of aryl methyl sites for hydroxylation is 3. The Hall–Kier alpha value is -2.77. The molecule has 1 aliphatic rings. The Morgan fingerprint density at radius 2 is 1.87 bits per heavy atom. The predicted octanol–water partition coefficient (Wildman–Crippen LogP) is 2.80. The van der Waals surface area contributed by atoms with Crippen molar-refractivity contribution in [3.8, 4) is 17.1 Å². The van der Waals surface area contributed by atoms with E-state index in [0.717, 1.165) is 79.1 Å². The van der Waals surface area contributed by atoms with Crippen molar-refractivity contribution >= 4 is 0 Å². The molecule has 0 unspecified atom stereocenters. The summed E-state index contributed by atoms with van der Waals surface area (Å²) in [5.74, 6) is 1.68. The number of hydrogen-bond donors (Lipinski definition) is 0. The molecule has 0 saturated carbocycles. The third-order valence-corrected chi connectivity index (χ3v) is 5.24.